The van der Waals surface area contributed by atoms with Crippen LogP contribution in [0.5, 0.6) is 0 Å². The Hall–Kier alpha value is -2.41. The first-order valence-electron chi connectivity index (χ1n) is 4.05. The lowest BCUT2D eigenvalue weighted by Gasteiger charge is -1.92. The summed E-state index contributed by atoms with van der Waals surface area (Å²) >= 11 is 0. The number of hydrazine groups is 1. The molecule has 0 saturated heterocycles. The number of aromatic carboxylic acids is 1. The molecule has 16 heavy (non-hydrogen) atoms. The van der Waals surface area contributed by atoms with Crippen molar-refractivity contribution >= 4 is 18.3 Å². The molecule has 7 nitrogen and oxygen atoms in total. The van der Waals surface area contributed by atoms with Gasteiger partial charge in [0.2, 0.25) is 0 Å². The molecule has 0 heterocycles. The Kier molecular flexibility index (Phi) is 5.91. The molecule has 1 aromatic rings. The van der Waals surface area contributed by atoms with E-state index in [-0.39, 0.29) is 5.56 Å². The fourth-order valence-electron chi connectivity index (χ4n) is 0.704. The highest BCUT2D eigenvalue weighted by Crippen LogP contribution is 2.01. The van der Waals surface area contributed by atoms with Crippen molar-refractivity contribution in [2.75, 3.05) is 0 Å². The monoisotopic (exact) mass is 225 g/mol. The summed E-state index contributed by atoms with van der Waals surface area (Å²) in [6.45, 7) is 0. The smallest absolute Gasteiger partial charge is 0.335 e. The third kappa shape index (κ3) is 5.35. The molecule has 1 aromatic carbocycles. The van der Waals surface area contributed by atoms with E-state index in [1.165, 1.54) is 24.3 Å². The molecule has 2 amide bonds. The number of carboxylic acid groups (broad SMARTS) is 1. The number of hydrogen-bond donors (Lipinski definition) is 4. The highest BCUT2D eigenvalue weighted by molar-refractivity contribution is 5.88. The number of carboxylic acids is 1. The summed E-state index contributed by atoms with van der Waals surface area (Å²) < 4.78 is 0. The van der Waals surface area contributed by atoms with Crippen LogP contribution in [0.4, 0.5) is 4.79 Å². The van der Waals surface area contributed by atoms with Crippen molar-refractivity contribution in [3.05, 3.63) is 35.4 Å². The molecule has 7 heteroatoms. The van der Waals surface area contributed by atoms with E-state index in [2.05, 4.69) is 11.6 Å². The Bertz CT molecular complexity index is 375. The van der Waals surface area contributed by atoms with Gasteiger partial charge in [0.15, 0.2) is 0 Å². The fourth-order valence-corrected chi connectivity index (χ4v) is 0.704. The SMILES string of the molecule is NNC(N)=O.O=Cc1ccc(C(=O)O)cc1. The Morgan fingerprint density at radius 1 is 1.25 bits per heavy atom. The molecular formula is C9H11N3O4. The van der Waals surface area contributed by atoms with E-state index in [0.717, 1.165) is 0 Å². The largest absolute Gasteiger partial charge is 0.478 e. The minimum absolute atomic E-state index is 0.190. The second-order valence-corrected chi connectivity index (χ2v) is 2.55. The lowest BCUT2D eigenvalue weighted by molar-refractivity contribution is 0.0696. The summed E-state index contributed by atoms with van der Waals surface area (Å²) in [5, 5.41) is 8.46. The van der Waals surface area contributed by atoms with Gasteiger partial charge in [0, 0.05) is 5.56 Å². The molecule has 0 saturated carbocycles. The van der Waals surface area contributed by atoms with Gasteiger partial charge in [0.1, 0.15) is 6.29 Å². The average molecular weight is 225 g/mol. The molecule has 0 atom stereocenters. The van der Waals surface area contributed by atoms with Gasteiger partial charge in [-0.3, -0.25) is 10.2 Å². The summed E-state index contributed by atoms with van der Waals surface area (Å²) in [4.78, 5) is 29.8. The number of carbonyl (C=O) groups excluding carboxylic acids is 2. The predicted molar refractivity (Wildman–Crippen MR) is 55.7 cm³/mol. The van der Waals surface area contributed by atoms with E-state index < -0.39 is 12.0 Å². The normalized spacial score (nSPS) is 8.31. The number of amides is 2. The Morgan fingerprint density at radius 3 is 1.94 bits per heavy atom. The zero-order valence-electron chi connectivity index (χ0n) is 8.21. The Balaban J connectivity index is 0.000000385. The van der Waals surface area contributed by atoms with E-state index in [1.807, 2.05) is 0 Å². The van der Waals surface area contributed by atoms with Crippen molar-refractivity contribution in [1.29, 1.82) is 0 Å². The molecule has 0 radical (unpaired) electrons. The van der Waals surface area contributed by atoms with Gasteiger partial charge in [0.25, 0.3) is 0 Å². The maximum absolute atomic E-state index is 10.3. The summed E-state index contributed by atoms with van der Waals surface area (Å²) in [5.74, 6) is 3.46. The van der Waals surface area contributed by atoms with Crippen LogP contribution in [0.1, 0.15) is 20.7 Å². The standard InChI is InChI=1S/C8H6O3.CH5N3O/c9-5-6-1-3-7(4-2-6)8(10)11;2-1(5)4-3/h1-5H,(H,10,11);3H2,(H3,2,4,5). The molecule has 0 aliphatic rings. The van der Waals surface area contributed by atoms with Crippen molar-refractivity contribution < 1.29 is 19.5 Å². The van der Waals surface area contributed by atoms with Gasteiger partial charge in [-0.15, -0.1) is 0 Å². The number of nitrogens with one attached hydrogen (secondary N) is 1. The lowest BCUT2D eigenvalue weighted by Crippen LogP contribution is -2.34. The predicted octanol–water partition coefficient (Wildman–Crippen LogP) is -0.274. The Morgan fingerprint density at radius 2 is 1.69 bits per heavy atom. The average Bonchev–Trinajstić information content (AvgIpc) is 2.29. The minimum atomic E-state index is -0.984. The first-order chi connectivity index (χ1) is 7.51. The van der Waals surface area contributed by atoms with Crippen LogP contribution >= 0.6 is 0 Å². The third-order valence-electron chi connectivity index (χ3n) is 1.44. The lowest BCUT2D eigenvalue weighted by atomic mass is 10.1. The number of nitrogens with two attached hydrogens (primary N) is 2. The zero-order chi connectivity index (χ0) is 12.6. The second-order valence-electron chi connectivity index (χ2n) is 2.55. The molecule has 1 rings (SSSR count). The van der Waals surface area contributed by atoms with Gasteiger partial charge in [-0.25, -0.2) is 15.4 Å². The van der Waals surface area contributed by atoms with Gasteiger partial charge in [-0.2, -0.15) is 0 Å². The summed E-state index contributed by atoms with van der Waals surface area (Å²) in [7, 11) is 0. The summed E-state index contributed by atoms with van der Waals surface area (Å²) in [6.07, 6.45) is 0.672. The highest BCUT2D eigenvalue weighted by atomic mass is 16.4. The van der Waals surface area contributed by atoms with E-state index >= 15 is 0 Å². The first kappa shape index (κ1) is 13.6. The topological polar surface area (TPSA) is 136 Å². The van der Waals surface area contributed by atoms with E-state index in [9.17, 15) is 14.4 Å². The van der Waals surface area contributed by atoms with E-state index in [4.69, 9.17) is 5.11 Å². The van der Waals surface area contributed by atoms with Crippen LogP contribution in [0.2, 0.25) is 0 Å². The van der Waals surface area contributed by atoms with Crippen molar-refractivity contribution in [3.8, 4) is 0 Å². The van der Waals surface area contributed by atoms with Gasteiger partial charge in [-0.05, 0) is 12.1 Å². The fraction of sp³-hybridized carbons (Fsp3) is 0. The van der Waals surface area contributed by atoms with E-state index in [1.54, 1.807) is 5.43 Å². The van der Waals surface area contributed by atoms with E-state index in [0.29, 0.717) is 11.8 Å². The van der Waals surface area contributed by atoms with Crippen molar-refractivity contribution in [2.45, 2.75) is 0 Å². The van der Waals surface area contributed by atoms with Crippen LogP contribution in [0.3, 0.4) is 0 Å². The maximum Gasteiger partial charge on any atom is 0.335 e. The van der Waals surface area contributed by atoms with Crippen LogP contribution < -0.4 is 17.0 Å². The molecule has 0 unspecified atom stereocenters. The van der Waals surface area contributed by atoms with Crippen LogP contribution in [0, 0.1) is 0 Å². The number of primary amides is 1. The first-order valence-corrected chi connectivity index (χ1v) is 4.05. The van der Waals surface area contributed by atoms with Crippen LogP contribution in [-0.2, 0) is 0 Å². The number of hydrogen-bond acceptors (Lipinski definition) is 4. The quantitative estimate of drug-likeness (QED) is 0.237. The molecule has 6 N–H and O–H groups in total. The van der Waals surface area contributed by atoms with Crippen LogP contribution in [0.15, 0.2) is 24.3 Å². The molecule has 86 valence electrons. The summed E-state index contributed by atoms with van der Waals surface area (Å²) in [5.41, 5.74) is 6.76. The van der Waals surface area contributed by atoms with Gasteiger partial charge >= 0.3 is 12.0 Å². The highest BCUT2D eigenvalue weighted by Gasteiger charge is 1.99. The Labute approximate surface area is 91.0 Å². The van der Waals surface area contributed by atoms with Gasteiger partial charge in [-0.1, -0.05) is 12.1 Å². The number of benzene rings is 1. The van der Waals surface area contributed by atoms with Crippen LogP contribution in [0.25, 0.3) is 0 Å². The number of aldehydes is 1. The zero-order valence-corrected chi connectivity index (χ0v) is 8.21. The van der Waals surface area contributed by atoms with Crippen molar-refractivity contribution in [1.82, 2.24) is 5.43 Å². The molecule has 0 aromatic heterocycles. The van der Waals surface area contributed by atoms with Crippen molar-refractivity contribution in [2.24, 2.45) is 11.6 Å². The molecule has 0 aliphatic heterocycles. The molecule has 0 aliphatic carbocycles. The van der Waals surface area contributed by atoms with Crippen LogP contribution in [-0.4, -0.2) is 23.4 Å². The van der Waals surface area contributed by atoms with Crippen molar-refractivity contribution in [3.63, 3.8) is 0 Å². The molecular weight excluding hydrogens is 214 g/mol. The summed E-state index contributed by atoms with van der Waals surface area (Å²) in [6, 6.07) is 5.01. The number of rotatable bonds is 2. The minimum Gasteiger partial charge on any atom is -0.478 e. The molecule has 0 spiro atoms. The maximum atomic E-state index is 10.3. The second kappa shape index (κ2) is 6.96. The van der Waals surface area contributed by atoms with Gasteiger partial charge in [0.05, 0.1) is 5.56 Å². The number of carbonyl (C=O) groups is 3. The molecule has 0 bridgehead atoms. The third-order valence-corrected chi connectivity index (χ3v) is 1.44. The van der Waals surface area contributed by atoms with Gasteiger partial charge < -0.3 is 10.8 Å². The number of urea groups is 1. The molecule has 0 fully saturated rings.